The zero-order valence-corrected chi connectivity index (χ0v) is 21.3. The first-order chi connectivity index (χ1) is 17.7. The quantitative estimate of drug-likeness (QED) is 0.368. The monoisotopic (exact) mass is 512 g/mol. The second-order valence-electron chi connectivity index (χ2n) is 8.52. The van der Waals surface area contributed by atoms with Gasteiger partial charge in [0.05, 0.1) is 18.2 Å². The van der Waals surface area contributed by atoms with Crippen molar-refractivity contribution in [2.24, 2.45) is 0 Å². The van der Waals surface area contributed by atoms with Crippen LogP contribution in [0.2, 0.25) is 0 Å². The Kier molecular flexibility index (Phi) is 7.32. The van der Waals surface area contributed by atoms with Crippen molar-refractivity contribution in [3.05, 3.63) is 101 Å². The molecule has 0 aliphatic carbocycles. The highest BCUT2D eigenvalue weighted by Crippen LogP contribution is 2.32. The maximum absolute atomic E-state index is 13.2. The van der Waals surface area contributed by atoms with Crippen LogP contribution in [0, 0.1) is 32.1 Å². The largest absolute Gasteiger partial charge is 0.438 e. The Morgan fingerprint density at radius 3 is 2.43 bits per heavy atom. The van der Waals surface area contributed by atoms with E-state index in [0.717, 1.165) is 27.8 Å². The van der Waals surface area contributed by atoms with Crippen molar-refractivity contribution in [1.29, 1.82) is 5.26 Å². The van der Waals surface area contributed by atoms with Gasteiger partial charge < -0.3 is 4.74 Å². The molecule has 0 atom stereocenters. The summed E-state index contributed by atoms with van der Waals surface area (Å²) in [7, 11) is -4.22. The van der Waals surface area contributed by atoms with E-state index >= 15 is 0 Å². The summed E-state index contributed by atoms with van der Waals surface area (Å²) in [6.45, 7) is 5.74. The summed E-state index contributed by atoms with van der Waals surface area (Å²) < 4.78 is 33.7. The van der Waals surface area contributed by atoms with Crippen LogP contribution in [0.1, 0.15) is 32.6 Å². The Morgan fingerprint density at radius 1 is 1.00 bits per heavy atom. The fraction of sp³-hybridized carbons (Fsp3) is 0.143. The number of benzene rings is 2. The first-order valence-corrected chi connectivity index (χ1v) is 12.9. The molecule has 8 nitrogen and oxygen atoms in total. The van der Waals surface area contributed by atoms with Crippen LogP contribution in [0.4, 0.5) is 0 Å². The predicted octanol–water partition coefficient (Wildman–Crippen LogP) is 5.05. The summed E-state index contributed by atoms with van der Waals surface area (Å²) in [5, 5.41) is 8.77. The number of carbonyl (C=O) groups is 1. The number of rotatable bonds is 7. The van der Waals surface area contributed by atoms with Crippen molar-refractivity contribution in [2.75, 3.05) is 0 Å². The molecule has 0 bridgehead atoms. The van der Waals surface area contributed by atoms with Gasteiger partial charge in [0.15, 0.2) is 5.03 Å². The number of pyridine rings is 2. The average molecular weight is 513 g/mol. The molecule has 2 aromatic carbocycles. The zero-order valence-electron chi connectivity index (χ0n) is 20.5. The number of hydrogen-bond donors (Lipinski definition) is 1. The highest BCUT2D eigenvalue weighted by molar-refractivity contribution is 7.90. The van der Waals surface area contributed by atoms with Crippen LogP contribution in [0.5, 0.6) is 11.6 Å². The van der Waals surface area contributed by atoms with E-state index in [1.807, 2.05) is 57.2 Å². The van der Waals surface area contributed by atoms with Gasteiger partial charge in [0.1, 0.15) is 11.3 Å². The van der Waals surface area contributed by atoms with Gasteiger partial charge in [-0.2, -0.15) is 13.7 Å². The molecule has 0 unspecified atom stereocenters. The summed E-state index contributed by atoms with van der Waals surface area (Å²) in [5.41, 5.74) is 4.72. The van der Waals surface area contributed by atoms with E-state index in [1.54, 1.807) is 12.1 Å². The van der Waals surface area contributed by atoms with Crippen molar-refractivity contribution >= 4 is 15.9 Å². The van der Waals surface area contributed by atoms with Crippen LogP contribution in [0.25, 0.3) is 11.3 Å². The molecule has 37 heavy (non-hydrogen) atoms. The predicted molar refractivity (Wildman–Crippen MR) is 139 cm³/mol. The first-order valence-electron chi connectivity index (χ1n) is 11.4. The van der Waals surface area contributed by atoms with Crippen LogP contribution in [0.15, 0.2) is 78.0 Å². The van der Waals surface area contributed by atoms with Gasteiger partial charge in [0.2, 0.25) is 5.88 Å². The molecular weight excluding hydrogens is 488 g/mol. The topological polar surface area (TPSA) is 122 Å². The van der Waals surface area contributed by atoms with Crippen molar-refractivity contribution < 1.29 is 17.9 Å². The molecule has 2 aromatic heterocycles. The highest BCUT2D eigenvalue weighted by Gasteiger charge is 2.24. The lowest BCUT2D eigenvalue weighted by Crippen LogP contribution is -2.31. The number of ether oxygens (including phenoxy) is 1. The lowest BCUT2D eigenvalue weighted by Gasteiger charge is -2.16. The number of nitrogens with zero attached hydrogens (tertiary/aromatic N) is 3. The second kappa shape index (κ2) is 10.6. The molecule has 0 saturated heterocycles. The van der Waals surface area contributed by atoms with Gasteiger partial charge in [-0.25, -0.2) is 14.7 Å². The van der Waals surface area contributed by atoms with E-state index in [4.69, 9.17) is 10.00 Å². The summed E-state index contributed by atoms with van der Waals surface area (Å²) in [6.07, 6.45) is 1.57. The van der Waals surface area contributed by atoms with Crippen LogP contribution in [-0.4, -0.2) is 24.3 Å². The van der Waals surface area contributed by atoms with Crippen molar-refractivity contribution in [3.8, 4) is 29.0 Å². The molecule has 186 valence electrons. The summed E-state index contributed by atoms with van der Waals surface area (Å²) in [6, 6.07) is 20.8. The fourth-order valence-corrected chi connectivity index (χ4v) is 4.86. The number of nitriles is 1. The second-order valence-corrected chi connectivity index (χ2v) is 10.1. The standard InChI is InChI=1S/C28H24N4O4S/c1-18-15-19(2)26(20(3)16-18)36-28-23(27(33)32-37(34,35)25-9-4-5-14-30-25)10-11-24(31-28)22-8-6-7-21(17-22)12-13-29/h4-11,14-17H,12H2,1-3H3,(H,32,33). The van der Waals surface area contributed by atoms with E-state index in [9.17, 15) is 13.2 Å². The Labute approximate surface area is 215 Å². The minimum atomic E-state index is -4.22. The molecule has 2 heterocycles. The molecule has 0 aliphatic heterocycles. The number of amides is 1. The van der Waals surface area contributed by atoms with Crippen LogP contribution >= 0.6 is 0 Å². The lowest BCUT2D eigenvalue weighted by atomic mass is 10.0. The molecular formula is C28H24N4O4S. The number of aryl methyl sites for hydroxylation is 3. The third kappa shape index (κ3) is 5.82. The number of nitrogens with one attached hydrogen (secondary N) is 1. The molecule has 0 spiro atoms. The number of carbonyl (C=O) groups excluding carboxylic acids is 1. The van der Waals surface area contributed by atoms with Gasteiger partial charge >= 0.3 is 0 Å². The zero-order chi connectivity index (χ0) is 26.6. The van der Waals surface area contributed by atoms with Crippen LogP contribution < -0.4 is 9.46 Å². The van der Waals surface area contributed by atoms with E-state index in [-0.39, 0.29) is 22.9 Å². The summed E-state index contributed by atoms with van der Waals surface area (Å²) in [4.78, 5) is 21.6. The molecule has 1 N–H and O–H groups in total. The fourth-order valence-electron chi connectivity index (χ4n) is 3.94. The van der Waals surface area contributed by atoms with Crippen LogP contribution in [-0.2, 0) is 16.4 Å². The SMILES string of the molecule is Cc1cc(C)c(Oc2nc(-c3cccc(CC#N)c3)ccc2C(=O)NS(=O)(=O)c2ccccn2)c(C)c1. The minimum absolute atomic E-state index is 0.0491. The molecule has 4 rings (SSSR count). The normalized spacial score (nSPS) is 11.0. The van der Waals surface area contributed by atoms with Crippen molar-refractivity contribution in [1.82, 2.24) is 14.7 Å². The van der Waals surface area contributed by atoms with Gasteiger partial charge in [-0.3, -0.25) is 4.79 Å². The Morgan fingerprint density at radius 2 is 1.76 bits per heavy atom. The Hall–Kier alpha value is -4.55. The highest BCUT2D eigenvalue weighted by atomic mass is 32.2. The third-order valence-corrected chi connectivity index (χ3v) is 6.80. The third-order valence-electron chi connectivity index (χ3n) is 5.55. The smallest absolute Gasteiger partial charge is 0.281 e. The molecule has 0 aliphatic rings. The summed E-state index contributed by atoms with van der Waals surface area (Å²) in [5.74, 6) is -0.428. The van der Waals surface area contributed by atoms with Gasteiger partial charge in [0.25, 0.3) is 15.9 Å². The first kappa shape index (κ1) is 25.5. The van der Waals surface area contributed by atoms with Crippen molar-refractivity contribution in [3.63, 3.8) is 0 Å². The maximum Gasteiger partial charge on any atom is 0.281 e. The maximum atomic E-state index is 13.2. The van der Waals surface area contributed by atoms with Gasteiger partial charge in [-0.05, 0) is 67.8 Å². The van der Waals surface area contributed by atoms with E-state index in [2.05, 4.69) is 20.8 Å². The van der Waals surface area contributed by atoms with Crippen LogP contribution in [0.3, 0.4) is 0 Å². The molecule has 1 amide bonds. The summed E-state index contributed by atoms with van der Waals surface area (Å²) >= 11 is 0. The van der Waals surface area contributed by atoms with Gasteiger partial charge in [-0.15, -0.1) is 0 Å². The van der Waals surface area contributed by atoms with Crippen molar-refractivity contribution in [2.45, 2.75) is 32.2 Å². The molecule has 0 saturated carbocycles. The van der Waals surface area contributed by atoms with E-state index in [0.29, 0.717) is 11.4 Å². The number of aromatic nitrogens is 2. The minimum Gasteiger partial charge on any atom is -0.438 e. The lowest BCUT2D eigenvalue weighted by molar-refractivity contribution is 0.0978. The average Bonchev–Trinajstić information content (AvgIpc) is 2.86. The van der Waals surface area contributed by atoms with Gasteiger partial charge in [-0.1, -0.05) is 42.0 Å². The number of sulfonamides is 1. The molecule has 4 aromatic rings. The van der Waals surface area contributed by atoms with E-state index < -0.39 is 15.9 Å². The molecule has 9 heteroatoms. The molecule has 0 fully saturated rings. The molecule has 0 radical (unpaired) electrons. The Bertz CT molecular complexity index is 1610. The van der Waals surface area contributed by atoms with E-state index in [1.165, 1.54) is 24.4 Å². The number of hydrogen-bond acceptors (Lipinski definition) is 7. The van der Waals surface area contributed by atoms with Gasteiger partial charge in [0, 0.05) is 11.8 Å². The Balaban J connectivity index is 1.78.